The molecule has 1 atom stereocenters. The highest BCUT2D eigenvalue weighted by Gasteiger charge is 2.38. The molecule has 2 aromatic rings. The topological polar surface area (TPSA) is 75.6 Å². The average Bonchev–Trinajstić information content (AvgIpc) is 3.22. The molecule has 1 aliphatic heterocycles. The summed E-state index contributed by atoms with van der Waals surface area (Å²) in [4.78, 5) is 28.5. The van der Waals surface area contributed by atoms with Gasteiger partial charge in [0, 0.05) is 25.9 Å². The highest BCUT2D eigenvalue weighted by molar-refractivity contribution is 7.15. The standard InChI is InChI=1S/C20H24N4O3S/c1-23-13-12-16(27-18(25)15-10-6-3-7-11-15)24(20(23)26)19-22-21-17(28-19)14-8-4-2-5-9-14/h3,6-7,10-11,14,16H,2,4-5,8-9,12-13H2,1H3. The van der Waals surface area contributed by atoms with E-state index in [0.29, 0.717) is 29.6 Å². The Morgan fingerprint density at radius 3 is 2.61 bits per heavy atom. The molecule has 2 amide bonds. The van der Waals surface area contributed by atoms with Crippen molar-refractivity contribution in [2.24, 2.45) is 0 Å². The van der Waals surface area contributed by atoms with Gasteiger partial charge in [-0.3, -0.25) is 0 Å². The summed E-state index contributed by atoms with van der Waals surface area (Å²) in [5.41, 5.74) is 0.467. The Morgan fingerprint density at radius 2 is 1.86 bits per heavy atom. The van der Waals surface area contributed by atoms with E-state index < -0.39 is 12.2 Å². The van der Waals surface area contributed by atoms with E-state index >= 15 is 0 Å². The molecule has 4 rings (SSSR count). The molecule has 2 fully saturated rings. The van der Waals surface area contributed by atoms with Gasteiger partial charge in [-0.05, 0) is 25.0 Å². The van der Waals surface area contributed by atoms with Crippen LogP contribution in [-0.4, -0.2) is 46.9 Å². The molecule has 1 aromatic heterocycles. The number of ether oxygens (including phenoxy) is 1. The van der Waals surface area contributed by atoms with E-state index in [9.17, 15) is 9.59 Å². The van der Waals surface area contributed by atoms with E-state index in [1.165, 1.54) is 35.5 Å². The Balaban J connectivity index is 1.55. The molecule has 0 radical (unpaired) electrons. The van der Waals surface area contributed by atoms with Crippen LogP contribution in [0.2, 0.25) is 0 Å². The van der Waals surface area contributed by atoms with Crippen LogP contribution in [0.25, 0.3) is 0 Å². The normalized spacial score (nSPS) is 21.0. The van der Waals surface area contributed by atoms with Crippen LogP contribution in [0.4, 0.5) is 9.93 Å². The van der Waals surface area contributed by atoms with Crippen molar-refractivity contribution in [1.29, 1.82) is 0 Å². The van der Waals surface area contributed by atoms with Crippen LogP contribution in [0.5, 0.6) is 0 Å². The van der Waals surface area contributed by atoms with Crippen LogP contribution in [0, 0.1) is 0 Å². The number of nitrogens with zero attached hydrogens (tertiary/aromatic N) is 4. The van der Waals surface area contributed by atoms with Crippen LogP contribution in [0.15, 0.2) is 30.3 Å². The number of hydrogen-bond donors (Lipinski definition) is 0. The lowest BCUT2D eigenvalue weighted by atomic mass is 9.90. The maximum atomic E-state index is 12.8. The molecule has 0 bridgehead atoms. The predicted octanol–water partition coefficient (Wildman–Crippen LogP) is 4.03. The number of anilines is 1. The van der Waals surface area contributed by atoms with Crippen LogP contribution in [-0.2, 0) is 4.74 Å². The largest absolute Gasteiger partial charge is 0.437 e. The SMILES string of the molecule is CN1CCC(OC(=O)c2ccccc2)N(c2nnc(C3CCCCC3)s2)C1=O. The summed E-state index contributed by atoms with van der Waals surface area (Å²) in [6, 6.07) is 8.61. The number of carbonyl (C=O) groups is 2. The van der Waals surface area contributed by atoms with Crippen molar-refractivity contribution in [3.05, 3.63) is 40.9 Å². The summed E-state index contributed by atoms with van der Waals surface area (Å²) in [6.07, 6.45) is 5.78. The molecule has 2 heterocycles. The third kappa shape index (κ3) is 3.87. The van der Waals surface area contributed by atoms with E-state index in [1.807, 2.05) is 6.07 Å². The number of benzene rings is 1. The van der Waals surface area contributed by atoms with Crippen LogP contribution >= 0.6 is 11.3 Å². The van der Waals surface area contributed by atoms with Crippen LogP contribution in [0.1, 0.15) is 59.8 Å². The number of amides is 2. The highest BCUT2D eigenvalue weighted by atomic mass is 32.1. The number of carbonyl (C=O) groups excluding carboxylic acids is 2. The van der Waals surface area contributed by atoms with Gasteiger partial charge < -0.3 is 9.64 Å². The third-order valence-corrected chi connectivity index (χ3v) is 6.46. The highest BCUT2D eigenvalue weighted by Crippen LogP contribution is 2.37. The zero-order valence-electron chi connectivity index (χ0n) is 15.9. The van der Waals surface area contributed by atoms with Gasteiger partial charge in [0.05, 0.1) is 5.56 Å². The number of aromatic nitrogens is 2. The van der Waals surface area contributed by atoms with Gasteiger partial charge in [0.2, 0.25) is 5.13 Å². The molecular weight excluding hydrogens is 376 g/mol. The quantitative estimate of drug-likeness (QED) is 0.724. The molecule has 0 N–H and O–H groups in total. The Kier molecular flexibility index (Phi) is 5.57. The lowest BCUT2D eigenvalue weighted by Crippen LogP contribution is -2.54. The smallest absolute Gasteiger partial charge is 0.340 e. The summed E-state index contributed by atoms with van der Waals surface area (Å²) < 4.78 is 5.70. The molecule has 148 valence electrons. The molecule has 1 saturated carbocycles. The van der Waals surface area contributed by atoms with Gasteiger partial charge in [-0.1, -0.05) is 48.8 Å². The van der Waals surface area contributed by atoms with E-state index in [1.54, 1.807) is 36.2 Å². The minimum absolute atomic E-state index is 0.219. The monoisotopic (exact) mass is 400 g/mol. The number of esters is 1. The van der Waals surface area contributed by atoms with Gasteiger partial charge in [-0.25, -0.2) is 14.5 Å². The molecule has 1 saturated heterocycles. The Morgan fingerprint density at radius 1 is 1.11 bits per heavy atom. The summed E-state index contributed by atoms with van der Waals surface area (Å²) >= 11 is 1.44. The van der Waals surface area contributed by atoms with Gasteiger partial charge in [0.15, 0.2) is 6.23 Å². The van der Waals surface area contributed by atoms with Gasteiger partial charge >= 0.3 is 12.0 Å². The fourth-order valence-electron chi connectivity index (χ4n) is 3.76. The van der Waals surface area contributed by atoms with Crippen LogP contribution in [0.3, 0.4) is 0 Å². The molecule has 1 aliphatic carbocycles. The van der Waals surface area contributed by atoms with Crippen molar-refractivity contribution in [2.45, 2.75) is 50.7 Å². The minimum Gasteiger partial charge on any atom is -0.437 e. The molecular formula is C20H24N4O3S. The Hall–Kier alpha value is -2.48. The van der Waals surface area contributed by atoms with Crippen molar-refractivity contribution in [3.8, 4) is 0 Å². The lowest BCUT2D eigenvalue weighted by Gasteiger charge is -2.37. The van der Waals surface area contributed by atoms with Gasteiger partial charge in [-0.2, -0.15) is 0 Å². The number of hydrogen-bond acceptors (Lipinski definition) is 6. The molecule has 1 aromatic carbocycles. The van der Waals surface area contributed by atoms with Crippen molar-refractivity contribution < 1.29 is 14.3 Å². The predicted molar refractivity (Wildman–Crippen MR) is 107 cm³/mol. The van der Waals surface area contributed by atoms with E-state index in [4.69, 9.17) is 4.74 Å². The molecule has 7 nitrogen and oxygen atoms in total. The average molecular weight is 401 g/mol. The molecule has 8 heteroatoms. The Labute approximate surface area is 168 Å². The maximum Gasteiger partial charge on any atom is 0.340 e. The van der Waals surface area contributed by atoms with Gasteiger partial charge in [0.1, 0.15) is 5.01 Å². The second-order valence-corrected chi connectivity index (χ2v) is 8.33. The zero-order valence-corrected chi connectivity index (χ0v) is 16.7. The fourth-order valence-corrected chi connectivity index (χ4v) is 4.80. The summed E-state index contributed by atoms with van der Waals surface area (Å²) in [5, 5.41) is 10.1. The lowest BCUT2D eigenvalue weighted by molar-refractivity contribution is 0.0229. The van der Waals surface area contributed by atoms with E-state index in [2.05, 4.69) is 10.2 Å². The first kappa shape index (κ1) is 18.9. The second-order valence-electron chi connectivity index (χ2n) is 7.35. The van der Waals surface area contributed by atoms with Crippen molar-refractivity contribution in [3.63, 3.8) is 0 Å². The first-order valence-corrected chi connectivity index (χ1v) is 10.6. The molecule has 2 aliphatic rings. The maximum absolute atomic E-state index is 12.8. The summed E-state index contributed by atoms with van der Waals surface area (Å²) in [7, 11) is 1.74. The van der Waals surface area contributed by atoms with Crippen molar-refractivity contribution in [2.75, 3.05) is 18.5 Å². The first-order chi connectivity index (χ1) is 13.6. The van der Waals surface area contributed by atoms with E-state index in [-0.39, 0.29) is 6.03 Å². The minimum atomic E-state index is -0.677. The number of urea groups is 1. The molecule has 28 heavy (non-hydrogen) atoms. The van der Waals surface area contributed by atoms with Crippen LogP contribution < -0.4 is 4.90 Å². The molecule has 0 spiro atoms. The molecule has 1 unspecified atom stereocenters. The Bertz CT molecular complexity index is 835. The zero-order chi connectivity index (χ0) is 19.5. The fraction of sp³-hybridized carbons (Fsp3) is 0.500. The first-order valence-electron chi connectivity index (χ1n) is 9.77. The summed E-state index contributed by atoms with van der Waals surface area (Å²) in [5.74, 6) is -0.0205. The number of rotatable bonds is 4. The van der Waals surface area contributed by atoms with Crippen molar-refractivity contribution in [1.82, 2.24) is 15.1 Å². The van der Waals surface area contributed by atoms with E-state index in [0.717, 1.165) is 17.8 Å². The van der Waals surface area contributed by atoms with Gasteiger partial charge in [-0.15, -0.1) is 10.2 Å². The van der Waals surface area contributed by atoms with Gasteiger partial charge in [0.25, 0.3) is 0 Å². The summed E-state index contributed by atoms with van der Waals surface area (Å²) in [6.45, 7) is 0.524. The van der Waals surface area contributed by atoms with Crippen molar-refractivity contribution >= 4 is 28.5 Å². The third-order valence-electron chi connectivity index (χ3n) is 5.38. The second kappa shape index (κ2) is 8.26.